The number of halogens is 1. The molecule has 0 aliphatic carbocycles. The zero-order valence-electron chi connectivity index (χ0n) is 17.6. The number of benzene rings is 1. The van der Waals surface area contributed by atoms with Gasteiger partial charge in [0.2, 0.25) is 11.7 Å². The fourth-order valence-electron chi connectivity index (χ4n) is 3.77. The molecule has 3 aromatic heterocycles. The van der Waals surface area contributed by atoms with Crippen molar-refractivity contribution in [2.45, 2.75) is 32.7 Å². The molecule has 0 saturated carbocycles. The van der Waals surface area contributed by atoms with Gasteiger partial charge < -0.3 is 5.11 Å². The topological polar surface area (TPSA) is 104 Å². The van der Waals surface area contributed by atoms with E-state index in [1.165, 1.54) is 27.6 Å². The molecule has 0 spiro atoms. The predicted octanol–water partition coefficient (Wildman–Crippen LogP) is 1.97. The Hall–Kier alpha value is -3.33. The summed E-state index contributed by atoms with van der Waals surface area (Å²) in [6.45, 7) is 3.93. The molecule has 10 heteroatoms. The van der Waals surface area contributed by atoms with Crippen LogP contribution in [0.5, 0.6) is 5.88 Å². The maximum Gasteiger partial charge on any atom is 0.332 e. The highest BCUT2D eigenvalue weighted by Crippen LogP contribution is 2.28. The van der Waals surface area contributed by atoms with Gasteiger partial charge in [0.05, 0.1) is 12.1 Å². The quantitative estimate of drug-likeness (QED) is 0.519. The lowest BCUT2D eigenvalue weighted by atomic mass is 10.0. The van der Waals surface area contributed by atoms with Crippen LogP contribution in [0.15, 0.2) is 38.6 Å². The minimum Gasteiger partial charge on any atom is -0.494 e. The zero-order chi connectivity index (χ0) is 22.6. The van der Waals surface area contributed by atoms with Crippen LogP contribution in [0.2, 0.25) is 5.02 Å². The van der Waals surface area contributed by atoms with Crippen LogP contribution in [0.25, 0.3) is 16.9 Å². The van der Waals surface area contributed by atoms with Gasteiger partial charge in [0.25, 0.3) is 11.1 Å². The van der Waals surface area contributed by atoms with Crippen LogP contribution in [0.4, 0.5) is 0 Å². The molecule has 1 N–H and O–H groups in total. The van der Waals surface area contributed by atoms with Crippen LogP contribution >= 0.6 is 11.6 Å². The van der Waals surface area contributed by atoms with Crippen molar-refractivity contribution in [3.8, 4) is 5.88 Å². The van der Waals surface area contributed by atoms with E-state index in [4.69, 9.17) is 11.6 Å². The second kappa shape index (κ2) is 7.42. The Kier molecular flexibility index (Phi) is 5.01. The third-order valence-electron chi connectivity index (χ3n) is 5.77. The summed E-state index contributed by atoms with van der Waals surface area (Å²) < 4.78 is 4.84. The van der Waals surface area contributed by atoms with Gasteiger partial charge in [-0.2, -0.15) is 4.98 Å². The number of aromatic nitrogens is 5. The van der Waals surface area contributed by atoms with Crippen molar-refractivity contribution >= 4 is 28.5 Å². The Bertz CT molecular complexity index is 1510. The number of hydrogen-bond acceptors (Lipinski definition) is 5. The summed E-state index contributed by atoms with van der Waals surface area (Å²) in [5, 5.41) is 11.7. The van der Waals surface area contributed by atoms with Crippen LogP contribution < -0.4 is 16.8 Å². The number of hydrogen-bond donors (Lipinski definition) is 1. The predicted molar refractivity (Wildman–Crippen MR) is 118 cm³/mol. The Morgan fingerprint density at radius 1 is 1.06 bits per heavy atom. The van der Waals surface area contributed by atoms with E-state index in [1.54, 1.807) is 24.3 Å². The highest BCUT2D eigenvalue weighted by molar-refractivity contribution is 6.30. The Balaban J connectivity index is 2.20. The van der Waals surface area contributed by atoms with E-state index in [0.717, 1.165) is 10.1 Å². The molecule has 0 fully saturated rings. The van der Waals surface area contributed by atoms with E-state index in [1.807, 2.05) is 13.8 Å². The second-order valence-corrected chi connectivity index (χ2v) is 8.13. The van der Waals surface area contributed by atoms with Crippen molar-refractivity contribution in [3.63, 3.8) is 0 Å². The van der Waals surface area contributed by atoms with Crippen LogP contribution in [-0.2, 0) is 20.6 Å². The first-order chi connectivity index (χ1) is 14.7. The number of aromatic hydroxyl groups is 1. The minimum atomic E-state index is -0.624. The van der Waals surface area contributed by atoms with Crippen molar-refractivity contribution in [1.29, 1.82) is 0 Å². The van der Waals surface area contributed by atoms with E-state index in [9.17, 15) is 19.5 Å². The average molecular weight is 444 g/mol. The molecule has 4 aromatic rings. The van der Waals surface area contributed by atoms with E-state index in [0.29, 0.717) is 11.4 Å². The van der Waals surface area contributed by atoms with Gasteiger partial charge in [-0.15, -0.1) is 0 Å². The molecule has 1 aromatic carbocycles. The van der Waals surface area contributed by atoms with Crippen LogP contribution in [0.1, 0.15) is 37.3 Å². The monoisotopic (exact) mass is 443 g/mol. The molecule has 0 bridgehead atoms. The SMILES string of the molecule is CCC(C)c1c(O)n(Cc2ccc(Cl)cc2)c2nc3c(c(=O)n(C)c(=O)n3C)n2c1=O. The highest BCUT2D eigenvalue weighted by Gasteiger charge is 2.26. The fraction of sp³-hybridized carbons (Fsp3) is 0.333. The zero-order valence-corrected chi connectivity index (χ0v) is 18.3. The molecule has 0 saturated heterocycles. The fourth-order valence-corrected chi connectivity index (χ4v) is 3.89. The summed E-state index contributed by atoms with van der Waals surface area (Å²) in [7, 11) is 2.84. The summed E-state index contributed by atoms with van der Waals surface area (Å²) >= 11 is 5.98. The van der Waals surface area contributed by atoms with Crippen molar-refractivity contribution in [1.82, 2.24) is 23.1 Å². The molecule has 0 radical (unpaired) electrons. The minimum absolute atomic E-state index is 0.000917. The maximum absolute atomic E-state index is 13.4. The number of rotatable bonds is 4. The Morgan fingerprint density at radius 3 is 2.32 bits per heavy atom. The van der Waals surface area contributed by atoms with Crippen molar-refractivity contribution < 1.29 is 5.11 Å². The molecule has 3 heterocycles. The van der Waals surface area contributed by atoms with Gasteiger partial charge in [-0.1, -0.05) is 37.6 Å². The molecular weight excluding hydrogens is 422 g/mol. The summed E-state index contributed by atoms with van der Waals surface area (Å²) in [6.07, 6.45) is 0.610. The summed E-state index contributed by atoms with van der Waals surface area (Å²) in [4.78, 5) is 43.2. The van der Waals surface area contributed by atoms with Crippen LogP contribution in [0.3, 0.4) is 0 Å². The molecule has 0 aliphatic rings. The van der Waals surface area contributed by atoms with Gasteiger partial charge in [-0.3, -0.25) is 23.3 Å². The highest BCUT2D eigenvalue weighted by atomic mass is 35.5. The second-order valence-electron chi connectivity index (χ2n) is 7.69. The third kappa shape index (κ3) is 3.07. The van der Waals surface area contributed by atoms with Gasteiger partial charge in [-0.25, -0.2) is 9.20 Å². The number of fused-ring (bicyclic) bond motifs is 3. The molecule has 4 rings (SSSR count). The summed E-state index contributed by atoms with van der Waals surface area (Å²) in [5.74, 6) is -0.390. The molecule has 0 aliphatic heterocycles. The van der Waals surface area contributed by atoms with E-state index in [2.05, 4.69) is 4.98 Å². The van der Waals surface area contributed by atoms with E-state index in [-0.39, 0.29) is 40.8 Å². The molecule has 0 amide bonds. The van der Waals surface area contributed by atoms with Gasteiger partial charge in [0.1, 0.15) is 0 Å². The lowest BCUT2D eigenvalue weighted by Gasteiger charge is -2.17. The summed E-state index contributed by atoms with van der Waals surface area (Å²) in [5.41, 5.74) is -0.610. The molecule has 31 heavy (non-hydrogen) atoms. The molecule has 162 valence electrons. The largest absolute Gasteiger partial charge is 0.494 e. The lowest BCUT2D eigenvalue weighted by molar-refractivity contribution is 0.405. The number of nitrogens with zero attached hydrogens (tertiary/aromatic N) is 5. The van der Waals surface area contributed by atoms with Gasteiger partial charge in [-0.05, 0) is 30.0 Å². The smallest absolute Gasteiger partial charge is 0.332 e. The Labute approximate surface area is 181 Å². The normalized spacial score (nSPS) is 12.7. The van der Waals surface area contributed by atoms with Gasteiger partial charge in [0.15, 0.2) is 11.2 Å². The van der Waals surface area contributed by atoms with Gasteiger partial charge in [0, 0.05) is 19.1 Å². The molecule has 1 unspecified atom stereocenters. The number of aryl methyl sites for hydroxylation is 1. The first kappa shape index (κ1) is 20.9. The van der Waals surface area contributed by atoms with E-state index >= 15 is 0 Å². The first-order valence-electron chi connectivity index (χ1n) is 9.85. The molecule has 1 atom stereocenters. The summed E-state index contributed by atoms with van der Waals surface area (Å²) in [6, 6.07) is 7.06. The molecular formula is C21H22ClN5O4. The maximum atomic E-state index is 13.4. The number of imidazole rings is 1. The van der Waals surface area contributed by atoms with E-state index < -0.39 is 16.8 Å². The molecule has 9 nitrogen and oxygen atoms in total. The standard InChI is InChI=1S/C21H22ClN5O4/c1-5-11(2)14-17(28)26(10-12-6-8-13(22)9-7-12)20-23-16-15(27(20)18(14)29)19(30)25(4)21(31)24(16)3/h6-9,11,28H,5,10H2,1-4H3. The van der Waals surface area contributed by atoms with Crippen LogP contribution in [-0.4, -0.2) is 28.2 Å². The van der Waals surface area contributed by atoms with Crippen molar-refractivity contribution in [2.24, 2.45) is 14.1 Å². The average Bonchev–Trinajstić information content (AvgIpc) is 3.16. The Morgan fingerprint density at radius 2 is 1.71 bits per heavy atom. The van der Waals surface area contributed by atoms with Crippen LogP contribution in [0, 0.1) is 0 Å². The van der Waals surface area contributed by atoms with Crippen molar-refractivity contribution in [3.05, 3.63) is 71.6 Å². The first-order valence-corrected chi connectivity index (χ1v) is 10.2. The van der Waals surface area contributed by atoms with Gasteiger partial charge >= 0.3 is 5.69 Å². The lowest BCUT2D eigenvalue weighted by Crippen LogP contribution is -2.38. The third-order valence-corrected chi connectivity index (χ3v) is 6.02. The van der Waals surface area contributed by atoms with Crippen molar-refractivity contribution in [2.75, 3.05) is 0 Å².